The summed E-state index contributed by atoms with van der Waals surface area (Å²) in [4.78, 5) is 19.6. The molecule has 4 aromatic rings. The molecule has 0 amide bonds. The highest BCUT2D eigenvalue weighted by atomic mass is 35.5. The van der Waals surface area contributed by atoms with Crippen LogP contribution in [0.4, 0.5) is 0 Å². The van der Waals surface area contributed by atoms with Gasteiger partial charge in [-0.25, -0.2) is 18.2 Å². The first kappa shape index (κ1) is 30.4. The van der Waals surface area contributed by atoms with Gasteiger partial charge in [-0.05, 0) is 75.6 Å². The fraction of sp³-hybridized carbons (Fsp3) is 0.438. The standard InChI is InChI=1S/C32H31Cl2N3O7S/c1-45(40,41)26-13-25(30(38)39)36-24-5-4-19(12-20(24)26)42-17-31-6-9-32(10-7-31,11-8-31)43-16-21-28(37-44-29(21)18-2-3-18)27-22(33)14-35-15-23(27)34/h4-5,12-15,18H,2-3,6-11,16-17H2,1H3,(H,38,39). The molecule has 45 heavy (non-hydrogen) atoms. The maximum Gasteiger partial charge on any atom is 0.354 e. The molecule has 10 nitrogen and oxygen atoms in total. The Morgan fingerprint density at radius 2 is 1.76 bits per heavy atom. The second-order valence-corrected chi connectivity index (χ2v) is 15.4. The second-order valence-electron chi connectivity index (χ2n) is 12.6. The monoisotopic (exact) mass is 671 g/mol. The number of carbonyl (C=O) groups is 1. The molecular formula is C32H31Cl2N3O7S. The van der Waals surface area contributed by atoms with Crippen LogP contribution in [0.15, 0.2) is 46.1 Å². The number of aromatic carboxylic acids is 1. The van der Waals surface area contributed by atoms with Gasteiger partial charge in [0, 0.05) is 46.5 Å². The Morgan fingerprint density at radius 1 is 1.07 bits per heavy atom. The van der Waals surface area contributed by atoms with Crippen LogP contribution >= 0.6 is 23.2 Å². The average molecular weight is 673 g/mol. The lowest BCUT2D eigenvalue weighted by Crippen LogP contribution is -2.49. The molecule has 1 N–H and O–H groups in total. The molecule has 13 heteroatoms. The van der Waals surface area contributed by atoms with Crippen LogP contribution in [-0.4, -0.2) is 53.1 Å². The maximum atomic E-state index is 12.5. The fourth-order valence-corrected chi connectivity index (χ4v) is 8.20. The number of sulfone groups is 1. The van der Waals surface area contributed by atoms with Crippen LogP contribution < -0.4 is 4.74 Å². The lowest BCUT2D eigenvalue weighted by Gasteiger charge is -2.52. The highest BCUT2D eigenvalue weighted by Crippen LogP contribution is 2.55. The number of nitrogens with zero attached hydrogens (tertiary/aromatic N) is 3. The van der Waals surface area contributed by atoms with E-state index in [1.165, 1.54) is 0 Å². The van der Waals surface area contributed by atoms with E-state index in [1.807, 2.05) is 0 Å². The van der Waals surface area contributed by atoms with Gasteiger partial charge in [0.1, 0.15) is 22.9 Å². The summed E-state index contributed by atoms with van der Waals surface area (Å²) < 4.78 is 43.8. The number of aromatic nitrogens is 3. The minimum Gasteiger partial charge on any atom is -0.493 e. The van der Waals surface area contributed by atoms with Crippen molar-refractivity contribution in [3.8, 4) is 17.0 Å². The van der Waals surface area contributed by atoms with Crippen molar-refractivity contribution in [2.75, 3.05) is 12.9 Å². The van der Waals surface area contributed by atoms with Gasteiger partial charge in [-0.15, -0.1) is 0 Å². The third-order valence-electron chi connectivity index (χ3n) is 9.62. The number of carboxylic acids is 1. The summed E-state index contributed by atoms with van der Waals surface area (Å²) in [5, 5.41) is 14.9. The van der Waals surface area contributed by atoms with Crippen LogP contribution in [0.1, 0.15) is 79.1 Å². The number of ether oxygens (including phenoxy) is 2. The second kappa shape index (κ2) is 11.2. The Hall–Kier alpha value is -3.25. The van der Waals surface area contributed by atoms with Crippen molar-refractivity contribution in [2.45, 2.75) is 74.4 Å². The number of hydrogen-bond acceptors (Lipinski definition) is 9. The summed E-state index contributed by atoms with van der Waals surface area (Å²) in [7, 11) is -3.70. The van der Waals surface area contributed by atoms with Crippen molar-refractivity contribution in [3.63, 3.8) is 0 Å². The highest BCUT2D eigenvalue weighted by Gasteiger charge is 2.50. The first-order chi connectivity index (χ1) is 21.5. The van der Waals surface area contributed by atoms with Crippen LogP contribution in [0.25, 0.3) is 22.2 Å². The van der Waals surface area contributed by atoms with Crippen LogP contribution in [0, 0.1) is 5.41 Å². The number of carboxylic acid groups (broad SMARTS) is 1. The first-order valence-corrected chi connectivity index (χ1v) is 17.5. The molecular weight excluding hydrogens is 641 g/mol. The Balaban J connectivity index is 1.05. The van der Waals surface area contributed by atoms with Gasteiger partial charge in [0.15, 0.2) is 9.84 Å². The number of fused-ring (bicyclic) bond motifs is 4. The summed E-state index contributed by atoms with van der Waals surface area (Å²) in [6.45, 7) is 0.852. The van der Waals surface area contributed by atoms with Crippen LogP contribution in [0.5, 0.6) is 5.75 Å². The molecule has 0 unspecified atom stereocenters. The van der Waals surface area contributed by atoms with E-state index in [-0.39, 0.29) is 27.1 Å². The first-order valence-electron chi connectivity index (χ1n) is 14.9. The molecule has 3 aromatic heterocycles. The largest absolute Gasteiger partial charge is 0.493 e. The molecule has 0 aliphatic heterocycles. The molecule has 0 radical (unpaired) electrons. The van der Waals surface area contributed by atoms with Gasteiger partial charge < -0.3 is 19.1 Å². The summed E-state index contributed by atoms with van der Waals surface area (Å²) in [6.07, 6.45) is 11.8. The van der Waals surface area contributed by atoms with E-state index < -0.39 is 15.8 Å². The lowest BCUT2D eigenvalue weighted by molar-refractivity contribution is -0.150. The molecule has 4 saturated carbocycles. The third-order valence-corrected chi connectivity index (χ3v) is 11.3. The molecule has 4 aliphatic rings. The van der Waals surface area contributed by atoms with E-state index in [9.17, 15) is 18.3 Å². The fourth-order valence-electron chi connectivity index (χ4n) is 6.77. The summed E-state index contributed by atoms with van der Waals surface area (Å²) in [6, 6.07) is 6.04. The molecule has 0 spiro atoms. The Bertz CT molecular complexity index is 1900. The van der Waals surface area contributed by atoms with Crippen molar-refractivity contribution in [3.05, 3.63) is 63.7 Å². The molecule has 3 heterocycles. The van der Waals surface area contributed by atoms with Gasteiger partial charge in [0.2, 0.25) is 0 Å². The molecule has 4 fully saturated rings. The molecule has 1 aromatic carbocycles. The van der Waals surface area contributed by atoms with Crippen molar-refractivity contribution in [1.29, 1.82) is 0 Å². The Morgan fingerprint density at radius 3 is 2.38 bits per heavy atom. The number of pyridine rings is 2. The number of rotatable bonds is 10. The Kier molecular flexibility index (Phi) is 7.58. The van der Waals surface area contributed by atoms with E-state index in [4.69, 9.17) is 37.2 Å². The van der Waals surface area contributed by atoms with Crippen LogP contribution in [0.3, 0.4) is 0 Å². The summed E-state index contributed by atoms with van der Waals surface area (Å²) in [5.74, 6) is 0.418. The van der Waals surface area contributed by atoms with Gasteiger partial charge in [0.05, 0.1) is 39.3 Å². The van der Waals surface area contributed by atoms with Gasteiger partial charge in [-0.1, -0.05) is 28.4 Å². The number of benzene rings is 1. The van der Waals surface area contributed by atoms with Gasteiger partial charge in [-0.3, -0.25) is 4.98 Å². The van der Waals surface area contributed by atoms with E-state index in [0.29, 0.717) is 51.6 Å². The molecule has 0 atom stereocenters. The molecule has 4 aliphatic carbocycles. The third kappa shape index (κ3) is 5.80. The van der Waals surface area contributed by atoms with Crippen molar-refractivity contribution in [2.24, 2.45) is 5.41 Å². The quantitative estimate of drug-likeness (QED) is 0.183. The van der Waals surface area contributed by atoms with E-state index in [0.717, 1.165) is 75.0 Å². The van der Waals surface area contributed by atoms with Crippen molar-refractivity contribution < 1.29 is 32.3 Å². The minimum atomic E-state index is -3.70. The minimum absolute atomic E-state index is 0.00916. The van der Waals surface area contributed by atoms with Crippen LogP contribution in [-0.2, 0) is 21.2 Å². The molecule has 0 saturated heterocycles. The average Bonchev–Trinajstić information content (AvgIpc) is 3.78. The van der Waals surface area contributed by atoms with E-state index >= 15 is 0 Å². The zero-order valence-electron chi connectivity index (χ0n) is 24.5. The van der Waals surface area contributed by atoms with Gasteiger partial charge in [0.25, 0.3) is 0 Å². The zero-order valence-corrected chi connectivity index (χ0v) is 26.8. The summed E-state index contributed by atoms with van der Waals surface area (Å²) in [5.41, 5.74) is 1.84. The highest BCUT2D eigenvalue weighted by molar-refractivity contribution is 7.91. The SMILES string of the molecule is CS(=O)(=O)c1cc(C(=O)O)nc2ccc(OCC34CCC(OCc5c(-c6c(Cl)cncc6Cl)noc5C5CC5)(CC3)CC4)cc12. The van der Waals surface area contributed by atoms with E-state index in [1.54, 1.807) is 30.6 Å². The molecule has 8 rings (SSSR count). The zero-order chi connectivity index (χ0) is 31.6. The number of hydrogen-bond donors (Lipinski definition) is 1. The van der Waals surface area contributed by atoms with Gasteiger partial charge in [-0.2, -0.15) is 0 Å². The molecule has 2 bridgehead atoms. The predicted molar refractivity (Wildman–Crippen MR) is 167 cm³/mol. The smallest absolute Gasteiger partial charge is 0.354 e. The lowest BCUT2D eigenvalue weighted by atomic mass is 9.59. The van der Waals surface area contributed by atoms with Crippen molar-refractivity contribution in [1.82, 2.24) is 15.1 Å². The summed E-state index contributed by atoms with van der Waals surface area (Å²) >= 11 is 13.0. The van der Waals surface area contributed by atoms with Gasteiger partial charge >= 0.3 is 5.97 Å². The normalized spacial score (nSPS) is 23.0. The van der Waals surface area contributed by atoms with Crippen molar-refractivity contribution >= 4 is 49.9 Å². The topological polar surface area (TPSA) is 142 Å². The number of halogens is 2. The van der Waals surface area contributed by atoms with Crippen LogP contribution in [0.2, 0.25) is 10.0 Å². The Labute approximate surface area is 270 Å². The molecule has 236 valence electrons. The maximum absolute atomic E-state index is 12.5. The predicted octanol–water partition coefficient (Wildman–Crippen LogP) is 7.26. The van der Waals surface area contributed by atoms with E-state index in [2.05, 4.69) is 15.1 Å².